The van der Waals surface area contributed by atoms with Crippen molar-refractivity contribution in [2.75, 3.05) is 5.73 Å². The summed E-state index contributed by atoms with van der Waals surface area (Å²) >= 11 is 7.20. The third kappa shape index (κ3) is 3.21. The van der Waals surface area contributed by atoms with E-state index in [0.717, 1.165) is 17.1 Å². The molecule has 3 N–H and O–H groups in total. The van der Waals surface area contributed by atoms with Gasteiger partial charge in [0, 0.05) is 4.88 Å². The van der Waals surface area contributed by atoms with Crippen LogP contribution in [0.5, 0.6) is 0 Å². The second kappa shape index (κ2) is 5.54. The molecule has 19 heavy (non-hydrogen) atoms. The van der Waals surface area contributed by atoms with Crippen LogP contribution in [0.4, 0.5) is 10.2 Å². The number of anilines is 1. The highest BCUT2D eigenvalue weighted by Gasteiger charge is 2.16. The van der Waals surface area contributed by atoms with E-state index in [2.05, 4.69) is 10.3 Å². The number of hydrogen-bond acceptors (Lipinski definition) is 4. The first kappa shape index (κ1) is 13.8. The lowest BCUT2D eigenvalue weighted by Gasteiger charge is -2.12. The number of halogens is 2. The number of nitrogens with one attached hydrogen (secondary N) is 1. The molecule has 2 rings (SSSR count). The number of nitrogen functional groups attached to an aromatic ring is 1. The van der Waals surface area contributed by atoms with Gasteiger partial charge in [0.15, 0.2) is 0 Å². The maximum absolute atomic E-state index is 13.1. The molecule has 0 bridgehead atoms. The Labute approximate surface area is 118 Å². The number of carbonyl (C=O) groups is 1. The largest absolute Gasteiger partial charge is 0.383 e. The Hall–Kier alpha value is -1.66. The minimum absolute atomic E-state index is 0.00434. The summed E-state index contributed by atoms with van der Waals surface area (Å²) < 4.78 is 13.7. The summed E-state index contributed by atoms with van der Waals surface area (Å²) in [7, 11) is 0. The van der Waals surface area contributed by atoms with Crippen LogP contribution in [0.2, 0.25) is 4.34 Å². The Kier molecular flexibility index (Phi) is 4.01. The fourth-order valence-electron chi connectivity index (χ4n) is 1.54. The zero-order chi connectivity index (χ0) is 14.0. The molecule has 0 aliphatic carbocycles. The first-order valence-corrected chi connectivity index (χ1v) is 6.64. The van der Waals surface area contributed by atoms with Gasteiger partial charge in [0.05, 0.1) is 22.1 Å². The lowest BCUT2D eigenvalue weighted by molar-refractivity contribution is 0.0940. The van der Waals surface area contributed by atoms with Gasteiger partial charge in [-0.2, -0.15) is 0 Å². The van der Waals surface area contributed by atoms with Crippen LogP contribution in [-0.2, 0) is 0 Å². The molecule has 0 aromatic carbocycles. The maximum atomic E-state index is 13.1. The predicted octanol–water partition coefficient (Wildman–Crippen LogP) is 3.01. The summed E-state index contributed by atoms with van der Waals surface area (Å²) in [5, 5.41) is 2.72. The first-order chi connectivity index (χ1) is 8.97. The Morgan fingerprint density at radius 3 is 2.95 bits per heavy atom. The van der Waals surface area contributed by atoms with Crippen LogP contribution in [0.3, 0.4) is 0 Å². The molecule has 7 heteroatoms. The average molecular weight is 300 g/mol. The molecule has 2 aromatic rings. The number of amides is 1. The van der Waals surface area contributed by atoms with Crippen molar-refractivity contribution in [3.63, 3.8) is 0 Å². The lowest BCUT2D eigenvalue weighted by Crippen LogP contribution is -2.27. The molecule has 0 aliphatic heterocycles. The van der Waals surface area contributed by atoms with Crippen molar-refractivity contribution in [3.05, 3.63) is 45.0 Å². The van der Waals surface area contributed by atoms with Gasteiger partial charge in [-0.15, -0.1) is 11.3 Å². The third-order valence-corrected chi connectivity index (χ3v) is 3.91. The van der Waals surface area contributed by atoms with Crippen LogP contribution >= 0.6 is 22.9 Å². The SMILES string of the molecule is CC(NC(=O)c1cc(F)cnc1N)c1ccc(Cl)s1. The number of nitrogens with two attached hydrogens (primary N) is 1. The maximum Gasteiger partial charge on any atom is 0.255 e. The van der Waals surface area contributed by atoms with Crippen LogP contribution in [-0.4, -0.2) is 10.9 Å². The van der Waals surface area contributed by atoms with Crippen molar-refractivity contribution in [1.82, 2.24) is 10.3 Å². The molecule has 0 aliphatic rings. The fourth-order valence-corrected chi connectivity index (χ4v) is 2.60. The molecule has 2 aromatic heterocycles. The lowest BCUT2D eigenvalue weighted by atomic mass is 10.2. The molecule has 0 radical (unpaired) electrons. The van der Waals surface area contributed by atoms with Crippen LogP contribution in [0, 0.1) is 5.82 Å². The van der Waals surface area contributed by atoms with Gasteiger partial charge in [-0.3, -0.25) is 4.79 Å². The van der Waals surface area contributed by atoms with E-state index in [1.807, 2.05) is 13.0 Å². The van der Waals surface area contributed by atoms with Gasteiger partial charge in [0.25, 0.3) is 5.91 Å². The highest BCUT2D eigenvalue weighted by atomic mass is 35.5. The highest BCUT2D eigenvalue weighted by molar-refractivity contribution is 7.16. The molecule has 0 saturated heterocycles. The van der Waals surface area contributed by atoms with Gasteiger partial charge < -0.3 is 11.1 Å². The van der Waals surface area contributed by atoms with E-state index in [0.29, 0.717) is 4.34 Å². The molecule has 4 nitrogen and oxygen atoms in total. The second-order valence-corrected chi connectivity index (χ2v) is 5.67. The molecule has 0 fully saturated rings. The monoisotopic (exact) mass is 299 g/mol. The van der Waals surface area contributed by atoms with Gasteiger partial charge in [0.2, 0.25) is 0 Å². The van der Waals surface area contributed by atoms with Crippen LogP contribution in [0.1, 0.15) is 28.2 Å². The molecule has 0 spiro atoms. The van der Waals surface area contributed by atoms with Crippen molar-refractivity contribution in [3.8, 4) is 0 Å². The van der Waals surface area contributed by atoms with Crippen LogP contribution in [0.25, 0.3) is 0 Å². The minimum atomic E-state index is -0.605. The molecule has 0 saturated carbocycles. The summed E-state index contributed by atoms with van der Waals surface area (Å²) in [5.74, 6) is -1.08. The highest BCUT2D eigenvalue weighted by Crippen LogP contribution is 2.27. The van der Waals surface area contributed by atoms with E-state index < -0.39 is 11.7 Å². The Morgan fingerprint density at radius 2 is 2.32 bits per heavy atom. The van der Waals surface area contributed by atoms with Crippen LogP contribution < -0.4 is 11.1 Å². The molecular formula is C12H11ClFN3OS. The topological polar surface area (TPSA) is 68.0 Å². The molecule has 100 valence electrons. The number of hydrogen-bond donors (Lipinski definition) is 2. The van der Waals surface area contributed by atoms with E-state index in [-0.39, 0.29) is 17.4 Å². The quantitative estimate of drug-likeness (QED) is 0.915. The van der Waals surface area contributed by atoms with E-state index in [1.54, 1.807) is 6.07 Å². The van der Waals surface area contributed by atoms with Crippen LogP contribution in [0.15, 0.2) is 24.4 Å². The van der Waals surface area contributed by atoms with Gasteiger partial charge in [-0.1, -0.05) is 11.6 Å². The smallest absolute Gasteiger partial charge is 0.255 e. The minimum Gasteiger partial charge on any atom is -0.383 e. The average Bonchev–Trinajstić information content (AvgIpc) is 2.79. The van der Waals surface area contributed by atoms with Crippen molar-refractivity contribution < 1.29 is 9.18 Å². The summed E-state index contributed by atoms with van der Waals surface area (Å²) in [6.45, 7) is 1.81. The normalized spacial score (nSPS) is 12.2. The Bertz CT molecular complexity index is 617. The summed E-state index contributed by atoms with van der Waals surface area (Å²) in [5.41, 5.74) is 5.57. The Morgan fingerprint density at radius 1 is 1.58 bits per heavy atom. The van der Waals surface area contributed by atoms with E-state index in [4.69, 9.17) is 17.3 Å². The van der Waals surface area contributed by atoms with Crippen molar-refractivity contribution in [2.24, 2.45) is 0 Å². The van der Waals surface area contributed by atoms with Gasteiger partial charge in [-0.25, -0.2) is 9.37 Å². The predicted molar refractivity (Wildman–Crippen MR) is 73.8 cm³/mol. The van der Waals surface area contributed by atoms with Gasteiger partial charge in [-0.05, 0) is 25.1 Å². The number of aromatic nitrogens is 1. The van der Waals surface area contributed by atoms with Gasteiger partial charge in [0.1, 0.15) is 11.6 Å². The molecule has 1 amide bonds. The Balaban J connectivity index is 2.15. The van der Waals surface area contributed by atoms with E-state index in [1.165, 1.54) is 11.3 Å². The zero-order valence-electron chi connectivity index (χ0n) is 9.98. The molecular weight excluding hydrogens is 289 g/mol. The number of pyridine rings is 1. The van der Waals surface area contributed by atoms with Gasteiger partial charge >= 0.3 is 0 Å². The summed E-state index contributed by atoms with van der Waals surface area (Å²) in [6.07, 6.45) is 0.967. The fraction of sp³-hybridized carbons (Fsp3) is 0.167. The number of rotatable bonds is 3. The van der Waals surface area contributed by atoms with E-state index in [9.17, 15) is 9.18 Å². The zero-order valence-corrected chi connectivity index (χ0v) is 11.6. The number of nitrogens with zero attached hydrogens (tertiary/aromatic N) is 1. The van der Waals surface area contributed by atoms with Crippen molar-refractivity contribution in [1.29, 1.82) is 0 Å². The van der Waals surface area contributed by atoms with E-state index >= 15 is 0 Å². The number of carbonyl (C=O) groups excluding carboxylic acids is 1. The summed E-state index contributed by atoms with van der Waals surface area (Å²) in [6, 6.07) is 4.40. The molecule has 1 atom stereocenters. The second-order valence-electron chi connectivity index (χ2n) is 3.92. The van der Waals surface area contributed by atoms with Crippen molar-refractivity contribution in [2.45, 2.75) is 13.0 Å². The first-order valence-electron chi connectivity index (χ1n) is 5.44. The summed E-state index contributed by atoms with van der Waals surface area (Å²) in [4.78, 5) is 16.5. The standard InChI is InChI=1S/C12H11ClFN3OS/c1-6(9-2-3-10(13)19-9)17-12(18)8-4-7(14)5-16-11(8)15/h2-6H,1H3,(H2,15,16)(H,17,18). The molecule has 1 unspecified atom stereocenters. The molecule has 2 heterocycles. The third-order valence-electron chi connectivity index (χ3n) is 2.50. The number of thiophene rings is 1. The van der Waals surface area contributed by atoms with Crippen molar-refractivity contribution >= 4 is 34.7 Å².